The van der Waals surface area contributed by atoms with E-state index in [1.165, 1.54) is 50.2 Å². The van der Waals surface area contributed by atoms with Crippen molar-refractivity contribution in [3.05, 3.63) is 96.1 Å². The first kappa shape index (κ1) is 31.4. The number of anilines is 1. The van der Waals surface area contributed by atoms with E-state index in [0.29, 0.717) is 13.1 Å². The van der Waals surface area contributed by atoms with Crippen molar-refractivity contribution in [1.29, 1.82) is 0 Å². The van der Waals surface area contributed by atoms with Gasteiger partial charge in [0.2, 0.25) is 5.91 Å². The van der Waals surface area contributed by atoms with E-state index in [9.17, 15) is 22.8 Å². The third-order valence-electron chi connectivity index (χ3n) is 8.12. The normalized spacial score (nSPS) is 16.0. The van der Waals surface area contributed by atoms with Crippen molar-refractivity contribution in [2.45, 2.75) is 24.2 Å². The summed E-state index contributed by atoms with van der Waals surface area (Å²) < 4.78 is 28.2. The molecule has 0 radical (unpaired) electrons. The number of nitrogens with one attached hydrogen (secondary N) is 1. The van der Waals surface area contributed by atoms with Crippen LogP contribution in [-0.4, -0.2) is 99.7 Å². The largest absolute Gasteiger partial charge is 0.343 e. The molecule has 2 aliphatic heterocycles. The molecule has 0 aromatic heterocycles. The smallest absolute Gasteiger partial charge is 0.272 e. The fourth-order valence-electron chi connectivity index (χ4n) is 5.63. The van der Waals surface area contributed by atoms with E-state index in [-0.39, 0.29) is 34.2 Å². The van der Waals surface area contributed by atoms with Crippen molar-refractivity contribution in [3.8, 4) is 0 Å². The zero-order valence-corrected chi connectivity index (χ0v) is 25.6. The average molecular weight is 618 g/mol. The molecule has 44 heavy (non-hydrogen) atoms. The van der Waals surface area contributed by atoms with E-state index < -0.39 is 21.8 Å². The molecule has 0 spiro atoms. The van der Waals surface area contributed by atoms with Crippen molar-refractivity contribution in [2.24, 2.45) is 0 Å². The summed E-state index contributed by atoms with van der Waals surface area (Å²) in [7, 11) is -4.31. The van der Waals surface area contributed by atoms with Crippen LogP contribution in [0.1, 0.15) is 40.0 Å². The number of amides is 3. The number of benzene rings is 3. The number of carbonyl (C=O) groups is 3. The number of sulfonamides is 1. The van der Waals surface area contributed by atoms with E-state index >= 15 is 0 Å². The molecule has 0 saturated carbocycles. The highest BCUT2D eigenvalue weighted by molar-refractivity contribution is 7.93. The van der Waals surface area contributed by atoms with Crippen LogP contribution >= 0.6 is 0 Å². The Bertz CT molecular complexity index is 1520. The molecule has 3 aromatic carbocycles. The predicted molar refractivity (Wildman–Crippen MR) is 169 cm³/mol. The molecule has 0 aliphatic carbocycles. The summed E-state index contributed by atoms with van der Waals surface area (Å²) in [6.07, 6.45) is 3.74. The number of piperazine rings is 1. The molecule has 0 unspecified atom stereocenters. The minimum atomic E-state index is -4.31. The van der Waals surface area contributed by atoms with Gasteiger partial charge in [-0.15, -0.1) is 0 Å². The maximum atomic E-state index is 13.7. The van der Waals surface area contributed by atoms with Gasteiger partial charge in [-0.2, -0.15) is 4.31 Å². The molecule has 232 valence electrons. The maximum Gasteiger partial charge on any atom is 0.272 e. The van der Waals surface area contributed by atoms with Gasteiger partial charge in [0.25, 0.3) is 21.8 Å². The summed E-state index contributed by atoms with van der Waals surface area (Å²) in [5.41, 5.74) is 0.629. The number of likely N-dealkylation sites (tertiary alicyclic amines) is 1. The summed E-state index contributed by atoms with van der Waals surface area (Å²) >= 11 is 0. The van der Waals surface area contributed by atoms with Gasteiger partial charge in [0.1, 0.15) is 0 Å². The number of rotatable bonds is 11. The van der Waals surface area contributed by atoms with Crippen LogP contribution in [0.2, 0.25) is 0 Å². The van der Waals surface area contributed by atoms with E-state index in [2.05, 4.69) is 15.1 Å². The van der Waals surface area contributed by atoms with E-state index in [0.717, 1.165) is 36.9 Å². The minimum Gasteiger partial charge on any atom is -0.343 e. The van der Waals surface area contributed by atoms with Crippen molar-refractivity contribution in [2.75, 3.05) is 63.2 Å². The van der Waals surface area contributed by atoms with Crippen LogP contribution in [0.25, 0.3) is 0 Å². The van der Waals surface area contributed by atoms with Crippen LogP contribution in [-0.2, 0) is 14.8 Å². The molecule has 1 N–H and O–H groups in total. The van der Waals surface area contributed by atoms with Crippen LogP contribution in [0, 0.1) is 0 Å². The van der Waals surface area contributed by atoms with Crippen molar-refractivity contribution < 1.29 is 22.8 Å². The van der Waals surface area contributed by atoms with Gasteiger partial charge < -0.3 is 15.1 Å². The quantitative estimate of drug-likeness (QED) is 0.352. The summed E-state index contributed by atoms with van der Waals surface area (Å²) in [5, 5.41) is 2.66. The number of para-hydroxylation sites is 1. The van der Waals surface area contributed by atoms with Crippen molar-refractivity contribution >= 4 is 33.4 Å². The summed E-state index contributed by atoms with van der Waals surface area (Å²) in [4.78, 5) is 45.5. The topological polar surface area (TPSA) is 110 Å². The lowest BCUT2D eigenvalue weighted by Crippen LogP contribution is -2.51. The predicted octanol–water partition coefficient (Wildman–Crippen LogP) is 3.08. The second kappa shape index (κ2) is 14.6. The third-order valence-corrected chi connectivity index (χ3v) is 9.85. The Kier molecular flexibility index (Phi) is 10.4. The SMILES string of the molecule is O=C(NCC(=O)N1CCN(CCCN2CCCC2)CC1)c1ccc(S(=O)(=O)N(C(=O)c2ccccc2)c2ccccc2)cc1. The van der Waals surface area contributed by atoms with Gasteiger partial charge in [-0.1, -0.05) is 36.4 Å². The molecular formula is C33H39N5O5S. The number of carbonyl (C=O) groups excluding carboxylic acids is 3. The number of hydrogen-bond acceptors (Lipinski definition) is 7. The first-order chi connectivity index (χ1) is 21.3. The molecular weight excluding hydrogens is 578 g/mol. The molecule has 11 heteroatoms. The highest BCUT2D eigenvalue weighted by Crippen LogP contribution is 2.26. The molecule has 3 aromatic rings. The Morgan fingerprint density at radius 1 is 0.682 bits per heavy atom. The standard InChI is InChI=1S/C33H39N5O5S/c39-31(37-24-22-36(23-25-37)21-9-20-35-18-7-8-19-35)26-34-32(40)27-14-16-30(17-15-27)44(42,43)38(29-12-5-2-6-13-29)33(41)28-10-3-1-4-11-28/h1-6,10-17H,7-9,18-26H2,(H,34,40). The molecule has 5 rings (SSSR count). The zero-order valence-electron chi connectivity index (χ0n) is 24.8. The van der Waals surface area contributed by atoms with Gasteiger partial charge in [-0.05, 0) is 94.0 Å². The van der Waals surface area contributed by atoms with E-state index in [4.69, 9.17) is 0 Å². The molecule has 0 atom stereocenters. The van der Waals surface area contributed by atoms with Gasteiger partial charge in [0.15, 0.2) is 0 Å². The third kappa shape index (κ3) is 7.71. The van der Waals surface area contributed by atoms with Crippen molar-refractivity contribution in [3.63, 3.8) is 0 Å². The Morgan fingerprint density at radius 3 is 1.86 bits per heavy atom. The monoisotopic (exact) mass is 617 g/mol. The van der Waals surface area contributed by atoms with Crippen LogP contribution in [0.15, 0.2) is 89.8 Å². The highest BCUT2D eigenvalue weighted by atomic mass is 32.2. The van der Waals surface area contributed by atoms with Crippen LogP contribution in [0.5, 0.6) is 0 Å². The second-order valence-corrected chi connectivity index (χ2v) is 12.9. The fraction of sp³-hybridized carbons (Fsp3) is 0.364. The molecule has 3 amide bonds. The maximum absolute atomic E-state index is 13.7. The summed E-state index contributed by atoms with van der Waals surface area (Å²) in [5.74, 6) is -1.32. The van der Waals surface area contributed by atoms with Gasteiger partial charge in [0.05, 0.1) is 17.1 Å². The van der Waals surface area contributed by atoms with E-state index in [1.54, 1.807) is 65.6 Å². The average Bonchev–Trinajstić information content (AvgIpc) is 3.58. The molecule has 10 nitrogen and oxygen atoms in total. The van der Waals surface area contributed by atoms with Crippen LogP contribution < -0.4 is 9.62 Å². The summed E-state index contributed by atoms with van der Waals surface area (Å²) in [6.45, 7) is 7.35. The van der Waals surface area contributed by atoms with Gasteiger partial charge >= 0.3 is 0 Å². The van der Waals surface area contributed by atoms with Gasteiger partial charge in [-0.25, -0.2) is 8.42 Å². The van der Waals surface area contributed by atoms with Crippen LogP contribution in [0.4, 0.5) is 5.69 Å². The number of nitrogens with zero attached hydrogens (tertiary/aromatic N) is 4. The fourth-order valence-corrected chi connectivity index (χ4v) is 7.04. The minimum absolute atomic E-state index is 0.138. The second-order valence-electron chi connectivity index (χ2n) is 11.1. The molecule has 2 aliphatic rings. The molecule has 0 bridgehead atoms. The highest BCUT2D eigenvalue weighted by Gasteiger charge is 2.32. The lowest BCUT2D eigenvalue weighted by Gasteiger charge is -2.35. The first-order valence-corrected chi connectivity index (χ1v) is 16.6. The van der Waals surface area contributed by atoms with Crippen LogP contribution in [0.3, 0.4) is 0 Å². The number of hydrogen-bond donors (Lipinski definition) is 1. The molecule has 2 fully saturated rings. The summed E-state index contributed by atoms with van der Waals surface area (Å²) in [6, 6.07) is 21.7. The zero-order chi connectivity index (χ0) is 30.9. The lowest BCUT2D eigenvalue weighted by molar-refractivity contribution is -0.131. The Balaban J connectivity index is 1.15. The van der Waals surface area contributed by atoms with E-state index in [1.807, 2.05) is 0 Å². The first-order valence-electron chi connectivity index (χ1n) is 15.1. The van der Waals surface area contributed by atoms with Crippen molar-refractivity contribution in [1.82, 2.24) is 20.0 Å². The Hall–Kier alpha value is -4.06. The van der Waals surface area contributed by atoms with Gasteiger partial charge in [0, 0.05) is 37.3 Å². The lowest BCUT2D eigenvalue weighted by atomic mass is 10.2. The molecule has 2 heterocycles. The molecule has 2 saturated heterocycles. The Labute approximate surface area is 259 Å². The Morgan fingerprint density at radius 2 is 1.25 bits per heavy atom. The van der Waals surface area contributed by atoms with Gasteiger partial charge in [-0.3, -0.25) is 19.3 Å².